The Labute approximate surface area is 119 Å². The molecule has 0 aliphatic carbocycles. The predicted octanol–water partition coefficient (Wildman–Crippen LogP) is 2.03. The second-order valence-electron chi connectivity index (χ2n) is 5.80. The van der Waals surface area contributed by atoms with Gasteiger partial charge in [-0.25, -0.2) is 0 Å². The van der Waals surface area contributed by atoms with E-state index in [4.69, 9.17) is 0 Å². The van der Waals surface area contributed by atoms with Crippen LogP contribution < -0.4 is 5.32 Å². The first-order valence-corrected chi connectivity index (χ1v) is 7.81. The number of rotatable bonds is 6. The van der Waals surface area contributed by atoms with Crippen molar-refractivity contribution in [2.24, 2.45) is 10.9 Å². The summed E-state index contributed by atoms with van der Waals surface area (Å²) in [6.45, 7) is 10.3. The molecule has 4 nitrogen and oxygen atoms in total. The highest BCUT2D eigenvalue weighted by Crippen LogP contribution is 2.14. The van der Waals surface area contributed by atoms with Gasteiger partial charge in [0.2, 0.25) is 0 Å². The lowest BCUT2D eigenvalue weighted by Crippen LogP contribution is -2.44. The fraction of sp³-hybridized carbons (Fsp3) is 0.933. The van der Waals surface area contributed by atoms with Gasteiger partial charge >= 0.3 is 0 Å². The van der Waals surface area contributed by atoms with E-state index in [1.165, 1.54) is 38.8 Å². The molecule has 4 heteroatoms. The Morgan fingerprint density at radius 2 is 2.26 bits per heavy atom. The van der Waals surface area contributed by atoms with Crippen molar-refractivity contribution in [2.45, 2.75) is 39.5 Å². The summed E-state index contributed by atoms with van der Waals surface area (Å²) in [5.74, 6) is 1.89. The van der Waals surface area contributed by atoms with E-state index in [1.54, 1.807) is 0 Å². The fourth-order valence-corrected chi connectivity index (χ4v) is 2.70. The number of nitrogens with one attached hydrogen (secondary N) is 1. The summed E-state index contributed by atoms with van der Waals surface area (Å²) >= 11 is 0. The first-order chi connectivity index (χ1) is 9.17. The molecule has 1 aliphatic heterocycles. The maximum absolute atomic E-state index is 4.35. The van der Waals surface area contributed by atoms with Crippen LogP contribution in [0.15, 0.2) is 4.99 Å². The summed E-state index contributed by atoms with van der Waals surface area (Å²) in [4.78, 5) is 9.15. The third-order valence-corrected chi connectivity index (χ3v) is 3.87. The number of unbranched alkanes of at least 4 members (excludes halogenated alkanes) is 1. The lowest BCUT2D eigenvalue weighted by atomic mass is 10.0. The maximum Gasteiger partial charge on any atom is 0.193 e. The van der Waals surface area contributed by atoms with Crippen LogP contribution in [-0.4, -0.2) is 62.6 Å². The Bertz CT molecular complexity index is 265. The van der Waals surface area contributed by atoms with Gasteiger partial charge < -0.3 is 15.1 Å². The topological polar surface area (TPSA) is 30.9 Å². The van der Waals surface area contributed by atoms with Crippen molar-refractivity contribution in [1.29, 1.82) is 0 Å². The average Bonchev–Trinajstić information content (AvgIpc) is 2.41. The first kappa shape index (κ1) is 16.3. The van der Waals surface area contributed by atoms with Crippen molar-refractivity contribution < 1.29 is 0 Å². The Kier molecular flexibility index (Phi) is 7.87. The molecule has 0 aromatic rings. The number of aliphatic imine (C=N–C) groups is 1. The predicted molar refractivity (Wildman–Crippen MR) is 83.7 cm³/mol. The van der Waals surface area contributed by atoms with Crippen molar-refractivity contribution in [3.8, 4) is 0 Å². The first-order valence-electron chi connectivity index (χ1n) is 7.81. The van der Waals surface area contributed by atoms with Gasteiger partial charge in [0, 0.05) is 40.3 Å². The number of hydrogen-bond acceptors (Lipinski definition) is 2. The van der Waals surface area contributed by atoms with Crippen molar-refractivity contribution >= 4 is 5.96 Å². The van der Waals surface area contributed by atoms with Crippen LogP contribution in [0.25, 0.3) is 0 Å². The average molecular weight is 268 g/mol. The molecule has 0 aromatic heterocycles. The fourth-order valence-electron chi connectivity index (χ4n) is 2.70. The molecule has 0 amide bonds. The van der Waals surface area contributed by atoms with E-state index >= 15 is 0 Å². The Balaban J connectivity index is 2.22. The van der Waals surface area contributed by atoms with Crippen molar-refractivity contribution in [1.82, 2.24) is 15.1 Å². The third-order valence-electron chi connectivity index (χ3n) is 3.87. The van der Waals surface area contributed by atoms with E-state index in [2.05, 4.69) is 41.0 Å². The second-order valence-corrected chi connectivity index (χ2v) is 5.80. The number of piperidine rings is 1. The summed E-state index contributed by atoms with van der Waals surface area (Å²) in [5, 5.41) is 3.47. The van der Waals surface area contributed by atoms with Crippen LogP contribution in [0, 0.1) is 5.92 Å². The number of guanidine groups is 1. The van der Waals surface area contributed by atoms with Crippen LogP contribution in [0.3, 0.4) is 0 Å². The van der Waals surface area contributed by atoms with Gasteiger partial charge in [-0.2, -0.15) is 0 Å². The molecule has 1 heterocycles. The van der Waals surface area contributed by atoms with Crippen LogP contribution >= 0.6 is 0 Å². The molecule has 0 radical (unpaired) electrons. The molecule has 1 N–H and O–H groups in total. The van der Waals surface area contributed by atoms with Gasteiger partial charge in [-0.3, -0.25) is 4.99 Å². The molecule has 1 fully saturated rings. The Morgan fingerprint density at radius 1 is 1.47 bits per heavy atom. The zero-order valence-electron chi connectivity index (χ0n) is 13.3. The Hall–Kier alpha value is -0.770. The molecule has 0 aromatic carbocycles. The minimum atomic E-state index is 0.861. The van der Waals surface area contributed by atoms with E-state index in [0.29, 0.717) is 0 Å². The molecule has 1 rings (SSSR count). The number of likely N-dealkylation sites (tertiary alicyclic amines) is 1. The van der Waals surface area contributed by atoms with Crippen LogP contribution in [0.1, 0.15) is 39.5 Å². The van der Waals surface area contributed by atoms with Gasteiger partial charge in [0.05, 0.1) is 0 Å². The smallest absolute Gasteiger partial charge is 0.193 e. The van der Waals surface area contributed by atoms with E-state index in [1.807, 2.05) is 7.05 Å². The summed E-state index contributed by atoms with van der Waals surface area (Å²) < 4.78 is 0. The molecule has 0 saturated carbocycles. The minimum Gasteiger partial charge on any atom is -0.355 e. The maximum atomic E-state index is 4.35. The third kappa shape index (κ3) is 6.28. The van der Waals surface area contributed by atoms with Gasteiger partial charge in [-0.05, 0) is 31.7 Å². The monoisotopic (exact) mass is 268 g/mol. The minimum absolute atomic E-state index is 0.861. The molecule has 0 spiro atoms. The van der Waals surface area contributed by atoms with Crippen molar-refractivity contribution in [2.75, 3.05) is 46.8 Å². The van der Waals surface area contributed by atoms with Crippen LogP contribution in [-0.2, 0) is 0 Å². The molecule has 1 aliphatic rings. The summed E-state index contributed by atoms with van der Waals surface area (Å²) in [6.07, 6.45) is 5.20. The van der Waals surface area contributed by atoms with Gasteiger partial charge in [0.1, 0.15) is 0 Å². The zero-order valence-corrected chi connectivity index (χ0v) is 13.3. The highest BCUT2D eigenvalue weighted by molar-refractivity contribution is 5.79. The molecule has 1 saturated heterocycles. The van der Waals surface area contributed by atoms with E-state index in [-0.39, 0.29) is 0 Å². The standard InChI is InChI=1S/C15H32N4/c1-5-6-10-18(4)15(16-3)17-9-12-19-11-7-8-14(2)13-19/h14H,5-13H2,1-4H3,(H,16,17). The van der Waals surface area contributed by atoms with E-state index in [0.717, 1.165) is 31.5 Å². The highest BCUT2D eigenvalue weighted by Gasteiger charge is 2.15. The largest absolute Gasteiger partial charge is 0.355 e. The van der Waals surface area contributed by atoms with Gasteiger partial charge in [-0.1, -0.05) is 20.3 Å². The number of nitrogens with zero attached hydrogens (tertiary/aromatic N) is 3. The zero-order chi connectivity index (χ0) is 14.1. The van der Waals surface area contributed by atoms with Gasteiger partial charge in [-0.15, -0.1) is 0 Å². The van der Waals surface area contributed by atoms with Gasteiger partial charge in [0.15, 0.2) is 5.96 Å². The summed E-state index contributed by atoms with van der Waals surface area (Å²) in [5.41, 5.74) is 0. The quantitative estimate of drug-likeness (QED) is 0.591. The van der Waals surface area contributed by atoms with Crippen LogP contribution in [0.5, 0.6) is 0 Å². The molecule has 112 valence electrons. The second kappa shape index (κ2) is 9.18. The van der Waals surface area contributed by atoms with Gasteiger partial charge in [0.25, 0.3) is 0 Å². The SMILES string of the molecule is CCCCN(C)C(=NC)NCCN1CCCC(C)C1. The lowest BCUT2D eigenvalue weighted by Gasteiger charge is -2.31. The molecule has 19 heavy (non-hydrogen) atoms. The van der Waals surface area contributed by atoms with Crippen molar-refractivity contribution in [3.63, 3.8) is 0 Å². The van der Waals surface area contributed by atoms with Crippen LogP contribution in [0.4, 0.5) is 0 Å². The van der Waals surface area contributed by atoms with E-state index in [9.17, 15) is 0 Å². The van der Waals surface area contributed by atoms with Crippen molar-refractivity contribution in [3.05, 3.63) is 0 Å². The van der Waals surface area contributed by atoms with E-state index < -0.39 is 0 Å². The number of hydrogen-bond donors (Lipinski definition) is 1. The molecule has 1 atom stereocenters. The molecule has 0 bridgehead atoms. The highest BCUT2D eigenvalue weighted by atomic mass is 15.3. The van der Waals surface area contributed by atoms with Crippen LogP contribution in [0.2, 0.25) is 0 Å². The molecular formula is C15H32N4. The molecular weight excluding hydrogens is 236 g/mol. The normalized spacial score (nSPS) is 21.5. The Morgan fingerprint density at radius 3 is 2.89 bits per heavy atom. The summed E-state index contributed by atoms with van der Waals surface area (Å²) in [7, 11) is 3.99. The summed E-state index contributed by atoms with van der Waals surface area (Å²) in [6, 6.07) is 0. The molecule has 1 unspecified atom stereocenters. The lowest BCUT2D eigenvalue weighted by molar-refractivity contribution is 0.186.